The molecule has 0 aromatic carbocycles. The second-order valence-electron chi connectivity index (χ2n) is 2.88. The van der Waals surface area contributed by atoms with Crippen LogP contribution >= 0.6 is 0 Å². The van der Waals surface area contributed by atoms with E-state index in [1.165, 1.54) is 6.42 Å². The Morgan fingerprint density at radius 1 is 1.70 bits per heavy atom. The first kappa shape index (κ1) is 7.54. The van der Waals surface area contributed by atoms with Gasteiger partial charge < -0.3 is 5.21 Å². The molecule has 3 heteroatoms. The number of nitrogens with zero attached hydrogens (tertiary/aromatic N) is 2. The van der Waals surface area contributed by atoms with Crippen LogP contribution in [0.5, 0.6) is 0 Å². The van der Waals surface area contributed by atoms with E-state index in [0.717, 1.165) is 18.7 Å². The predicted octanol–water partition coefficient (Wildman–Crippen LogP) is 0.931. The number of hydrogen-bond acceptors (Lipinski definition) is 3. The summed E-state index contributed by atoms with van der Waals surface area (Å²) in [6.45, 7) is 2.99. The number of hydrogen-bond donors (Lipinski definition) is 1. The standard InChI is InChI=1S/C7H14N2O/c1-6(8-10)7-4-3-5-9(7)2/h7,10H,3-5H2,1-2H3/b8-6-/t7-/m0/s1. The molecular formula is C7H14N2O. The third kappa shape index (κ3) is 1.29. The molecule has 1 heterocycles. The van der Waals surface area contributed by atoms with Crippen LogP contribution in [0.25, 0.3) is 0 Å². The summed E-state index contributed by atoms with van der Waals surface area (Å²) in [5.41, 5.74) is 0.833. The number of oxime groups is 1. The molecule has 3 nitrogen and oxygen atoms in total. The van der Waals surface area contributed by atoms with Crippen molar-refractivity contribution in [2.75, 3.05) is 13.6 Å². The summed E-state index contributed by atoms with van der Waals surface area (Å²) in [7, 11) is 2.06. The SMILES string of the molecule is C/C(=N/O)[C@@H]1CCCN1C. The molecule has 1 rings (SSSR count). The van der Waals surface area contributed by atoms with Crippen LogP contribution in [0, 0.1) is 0 Å². The number of likely N-dealkylation sites (tertiary alicyclic amines) is 1. The van der Waals surface area contributed by atoms with Crippen molar-refractivity contribution in [3.05, 3.63) is 0 Å². The zero-order chi connectivity index (χ0) is 7.56. The van der Waals surface area contributed by atoms with E-state index >= 15 is 0 Å². The van der Waals surface area contributed by atoms with Gasteiger partial charge in [-0.2, -0.15) is 0 Å². The van der Waals surface area contributed by atoms with Gasteiger partial charge in [0, 0.05) is 0 Å². The van der Waals surface area contributed by atoms with Gasteiger partial charge >= 0.3 is 0 Å². The Morgan fingerprint density at radius 2 is 2.40 bits per heavy atom. The van der Waals surface area contributed by atoms with Gasteiger partial charge in [-0.15, -0.1) is 0 Å². The molecule has 10 heavy (non-hydrogen) atoms. The van der Waals surface area contributed by atoms with E-state index in [4.69, 9.17) is 5.21 Å². The van der Waals surface area contributed by atoms with Crippen molar-refractivity contribution < 1.29 is 5.21 Å². The topological polar surface area (TPSA) is 35.8 Å². The average molecular weight is 142 g/mol. The molecule has 0 unspecified atom stereocenters. The summed E-state index contributed by atoms with van der Waals surface area (Å²) in [4.78, 5) is 2.22. The summed E-state index contributed by atoms with van der Waals surface area (Å²) in [5, 5.41) is 11.7. The van der Waals surface area contributed by atoms with Crippen LogP contribution in [-0.4, -0.2) is 35.5 Å². The molecule has 0 saturated carbocycles. The summed E-state index contributed by atoms with van der Waals surface area (Å²) in [6, 6.07) is 0.380. The Kier molecular flexibility index (Phi) is 2.27. The van der Waals surface area contributed by atoms with E-state index in [-0.39, 0.29) is 0 Å². The highest BCUT2D eigenvalue weighted by Gasteiger charge is 2.23. The van der Waals surface area contributed by atoms with Gasteiger partial charge in [0.2, 0.25) is 0 Å². The molecule has 1 atom stereocenters. The minimum Gasteiger partial charge on any atom is -0.411 e. The zero-order valence-corrected chi connectivity index (χ0v) is 6.54. The highest BCUT2D eigenvalue weighted by Crippen LogP contribution is 2.15. The Morgan fingerprint density at radius 3 is 2.80 bits per heavy atom. The van der Waals surface area contributed by atoms with E-state index in [1.807, 2.05) is 6.92 Å². The van der Waals surface area contributed by atoms with E-state index in [0.29, 0.717) is 6.04 Å². The predicted molar refractivity (Wildman–Crippen MR) is 40.5 cm³/mol. The lowest BCUT2D eigenvalue weighted by molar-refractivity contribution is 0.304. The largest absolute Gasteiger partial charge is 0.411 e. The summed E-state index contributed by atoms with van der Waals surface area (Å²) in [6.07, 6.45) is 2.35. The minimum atomic E-state index is 0.380. The molecule has 0 aliphatic carbocycles. The maximum Gasteiger partial charge on any atom is 0.0711 e. The van der Waals surface area contributed by atoms with Crippen LogP contribution in [0.4, 0.5) is 0 Å². The smallest absolute Gasteiger partial charge is 0.0711 e. The molecule has 1 saturated heterocycles. The Balaban J connectivity index is 2.55. The maximum absolute atomic E-state index is 8.47. The third-order valence-electron chi connectivity index (χ3n) is 2.16. The zero-order valence-electron chi connectivity index (χ0n) is 6.54. The normalized spacial score (nSPS) is 29.4. The lowest BCUT2D eigenvalue weighted by Gasteiger charge is -2.17. The van der Waals surface area contributed by atoms with Crippen LogP contribution < -0.4 is 0 Å². The van der Waals surface area contributed by atoms with Crippen LogP contribution in [0.1, 0.15) is 19.8 Å². The second kappa shape index (κ2) is 3.01. The van der Waals surface area contributed by atoms with Crippen LogP contribution in [0.15, 0.2) is 5.16 Å². The molecule has 0 amide bonds. The molecule has 1 fully saturated rings. The quantitative estimate of drug-likeness (QED) is 0.336. The molecule has 1 aliphatic heterocycles. The van der Waals surface area contributed by atoms with E-state index in [9.17, 15) is 0 Å². The number of rotatable bonds is 1. The third-order valence-corrected chi connectivity index (χ3v) is 2.16. The van der Waals surface area contributed by atoms with Gasteiger partial charge in [-0.05, 0) is 33.4 Å². The van der Waals surface area contributed by atoms with Gasteiger partial charge in [-0.1, -0.05) is 5.16 Å². The van der Waals surface area contributed by atoms with Crippen molar-refractivity contribution in [3.63, 3.8) is 0 Å². The van der Waals surface area contributed by atoms with Crippen molar-refractivity contribution in [1.29, 1.82) is 0 Å². The Labute approximate surface area is 61.3 Å². The summed E-state index contributed by atoms with van der Waals surface area (Å²) >= 11 is 0. The van der Waals surface area contributed by atoms with Gasteiger partial charge in [0.15, 0.2) is 0 Å². The van der Waals surface area contributed by atoms with Crippen molar-refractivity contribution in [1.82, 2.24) is 4.90 Å². The first-order valence-electron chi connectivity index (χ1n) is 3.64. The molecule has 1 aliphatic rings. The van der Waals surface area contributed by atoms with Crippen molar-refractivity contribution >= 4 is 5.71 Å². The highest BCUT2D eigenvalue weighted by molar-refractivity contribution is 5.86. The van der Waals surface area contributed by atoms with Gasteiger partial charge in [0.1, 0.15) is 0 Å². The van der Waals surface area contributed by atoms with Gasteiger partial charge in [-0.3, -0.25) is 4.90 Å². The maximum atomic E-state index is 8.47. The lowest BCUT2D eigenvalue weighted by atomic mass is 10.1. The first-order valence-corrected chi connectivity index (χ1v) is 3.64. The van der Waals surface area contributed by atoms with Gasteiger partial charge in [0.25, 0.3) is 0 Å². The Bertz CT molecular complexity index is 145. The summed E-state index contributed by atoms with van der Waals surface area (Å²) in [5.74, 6) is 0. The fourth-order valence-electron chi connectivity index (χ4n) is 1.50. The first-order chi connectivity index (χ1) is 4.75. The van der Waals surface area contributed by atoms with E-state index in [1.54, 1.807) is 0 Å². The molecule has 0 aromatic rings. The lowest BCUT2D eigenvalue weighted by Crippen LogP contribution is -2.31. The van der Waals surface area contributed by atoms with Crippen molar-refractivity contribution in [2.24, 2.45) is 5.16 Å². The van der Waals surface area contributed by atoms with Crippen molar-refractivity contribution in [3.8, 4) is 0 Å². The van der Waals surface area contributed by atoms with Crippen LogP contribution in [0.2, 0.25) is 0 Å². The van der Waals surface area contributed by atoms with Crippen molar-refractivity contribution in [2.45, 2.75) is 25.8 Å². The molecule has 0 aromatic heterocycles. The second-order valence-corrected chi connectivity index (χ2v) is 2.88. The molecule has 0 radical (unpaired) electrons. The van der Waals surface area contributed by atoms with E-state index in [2.05, 4.69) is 17.1 Å². The van der Waals surface area contributed by atoms with Gasteiger partial charge in [0.05, 0.1) is 11.8 Å². The minimum absolute atomic E-state index is 0.380. The molecule has 58 valence electrons. The molecule has 0 bridgehead atoms. The molecule has 0 spiro atoms. The Hall–Kier alpha value is -0.570. The average Bonchev–Trinajstić information content (AvgIpc) is 2.34. The monoisotopic (exact) mass is 142 g/mol. The highest BCUT2D eigenvalue weighted by atomic mass is 16.4. The van der Waals surface area contributed by atoms with E-state index < -0.39 is 0 Å². The fourth-order valence-corrected chi connectivity index (χ4v) is 1.50. The van der Waals surface area contributed by atoms with Gasteiger partial charge in [-0.25, -0.2) is 0 Å². The fraction of sp³-hybridized carbons (Fsp3) is 0.857. The molecule has 1 N–H and O–H groups in total. The van der Waals surface area contributed by atoms with Crippen LogP contribution in [-0.2, 0) is 0 Å². The summed E-state index contributed by atoms with van der Waals surface area (Å²) < 4.78 is 0. The molecular weight excluding hydrogens is 128 g/mol. The van der Waals surface area contributed by atoms with Crippen LogP contribution in [0.3, 0.4) is 0 Å².